The predicted molar refractivity (Wildman–Crippen MR) is 138 cm³/mol. The quantitative estimate of drug-likeness (QED) is 0.300. The van der Waals surface area contributed by atoms with Crippen molar-refractivity contribution in [2.24, 2.45) is 0 Å². The van der Waals surface area contributed by atoms with Gasteiger partial charge in [0.05, 0.1) is 10.6 Å². The number of rotatable bonds is 5. The van der Waals surface area contributed by atoms with Gasteiger partial charge in [0, 0.05) is 11.3 Å². The minimum atomic E-state index is -0.371. The van der Waals surface area contributed by atoms with Gasteiger partial charge in [-0.15, -0.1) is 0 Å². The van der Waals surface area contributed by atoms with Crippen molar-refractivity contribution in [2.75, 3.05) is 5.32 Å². The first kappa shape index (κ1) is 23.0. The maximum atomic E-state index is 12.5. The number of nitrogens with zero attached hydrogens (tertiary/aromatic N) is 1. The van der Waals surface area contributed by atoms with E-state index in [0.29, 0.717) is 28.1 Å². The van der Waals surface area contributed by atoms with Crippen LogP contribution >= 0.6 is 23.8 Å². The molecule has 168 valence electrons. The molecular formula is C26H24ClN3O2S. The van der Waals surface area contributed by atoms with Gasteiger partial charge in [-0.05, 0) is 85.1 Å². The number of hydrogen-bond acceptors (Lipinski definition) is 4. The number of halogens is 1. The highest BCUT2D eigenvalue weighted by atomic mass is 35.5. The molecular weight excluding hydrogens is 454 g/mol. The van der Waals surface area contributed by atoms with Crippen LogP contribution in [0.2, 0.25) is 5.02 Å². The van der Waals surface area contributed by atoms with Crippen LogP contribution in [0, 0.1) is 6.92 Å². The van der Waals surface area contributed by atoms with Crippen molar-refractivity contribution in [3.63, 3.8) is 0 Å². The average Bonchev–Trinajstić information content (AvgIpc) is 3.22. The first-order chi connectivity index (χ1) is 15.8. The summed E-state index contributed by atoms with van der Waals surface area (Å²) in [6.07, 6.45) is 1.07. The molecule has 5 nitrogen and oxygen atoms in total. The summed E-state index contributed by atoms with van der Waals surface area (Å²) in [5.41, 5.74) is 5.67. The lowest BCUT2D eigenvalue weighted by Gasteiger charge is -2.11. The number of thiocarbonyl (C=S) groups is 1. The minimum absolute atomic E-state index is 0.171. The van der Waals surface area contributed by atoms with Crippen LogP contribution < -0.4 is 10.6 Å². The van der Waals surface area contributed by atoms with Gasteiger partial charge >= 0.3 is 0 Å². The first-order valence-corrected chi connectivity index (χ1v) is 11.5. The highest BCUT2D eigenvalue weighted by Crippen LogP contribution is 2.29. The highest BCUT2D eigenvalue weighted by Gasteiger charge is 2.14. The van der Waals surface area contributed by atoms with E-state index in [2.05, 4.69) is 41.6 Å². The lowest BCUT2D eigenvalue weighted by Crippen LogP contribution is -2.34. The SMILES string of the molecule is CCC(C)c1ccc2oc(-c3cccc(NC(=S)NC(=O)c4ccc(C)cc4Cl)c3)nc2c1. The van der Waals surface area contributed by atoms with Crippen molar-refractivity contribution in [1.29, 1.82) is 0 Å². The van der Waals surface area contributed by atoms with E-state index in [4.69, 9.17) is 28.2 Å². The lowest BCUT2D eigenvalue weighted by molar-refractivity contribution is 0.0978. The van der Waals surface area contributed by atoms with E-state index in [0.717, 1.165) is 28.6 Å². The third-order valence-electron chi connectivity index (χ3n) is 5.56. The van der Waals surface area contributed by atoms with Crippen LogP contribution in [0.15, 0.2) is 65.1 Å². The summed E-state index contributed by atoms with van der Waals surface area (Å²) in [4.78, 5) is 17.2. The van der Waals surface area contributed by atoms with Crippen LogP contribution in [-0.2, 0) is 0 Å². The zero-order valence-corrected chi connectivity index (χ0v) is 20.2. The topological polar surface area (TPSA) is 67.2 Å². The smallest absolute Gasteiger partial charge is 0.258 e. The molecule has 2 N–H and O–H groups in total. The zero-order chi connectivity index (χ0) is 23.5. The molecule has 1 heterocycles. The van der Waals surface area contributed by atoms with E-state index in [9.17, 15) is 4.79 Å². The average molecular weight is 478 g/mol. The van der Waals surface area contributed by atoms with Crippen molar-refractivity contribution >= 4 is 51.6 Å². The molecule has 0 saturated heterocycles. The Morgan fingerprint density at radius 3 is 2.73 bits per heavy atom. The monoisotopic (exact) mass is 477 g/mol. The number of hydrogen-bond donors (Lipinski definition) is 2. The van der Waals surface area contributed by atoms with Crippen LogP contribution in [0.4, 0.5) is 5.69 Å². The number of carbonyl (C=O) groups is 1. The van der Waals surface area contributed by atoms with E-state index in [-0.39, 0.29) is 11.0 Å². The molecule has 0 aliphatic rings. The maximum Gasteiger partial charge on any atom is 0.258 e. The van der Waals surface area contributed by atoms with Crippen molar-refractivity contribution in [3.8, 4) is 11.5 Å². The maximum absolute atomic E-state index is 12.5. The summed E-state index contributed by atoms with van der Waals surface area (Å²) < 4.78 is 5.97. The molecule has 4 rings (SSSR count). The van der Waals surface area contributed by atoms with E-state index >= 15 is 0 Å². The van der Waals surface area contributed by atoms with Gasteiger partial charge in [0.1, 0.15) is 5.52 Å². The summed E-state index contributed by atoms with van der Waals surface area (Å²) in [6.45, 7) is 6.28. The van der Waals surface area contributed by atoms with Gasteiger partial charge in [0.2, 0.25) is 5.89 Å². The summed E-state index contributed by atoms with van der Waals surface area (Å²) in [5.74, 6) is 0.620. The van der Waals surface area contributed by atoms with Gasteiger partial charge < -0.3 is 9.73 Å². The number of amides is 1. The van der Waals surface area contributed by atoms with Gasteiger partial charge in [-0.3, -0.25) is 10.1 Å². The molecule has 0 radical (unpaired) electrons. The summed E-state index contributed by atoms with van der Waals surface area (Å²) in [6, 6.07) is 18.9. The third kappa shape index (κ3) is 5.24. The molecule has 3 aromatic carbocycles. The number of nitrogens with one attached hydrogen (secondary N) is 2. The minimum Gasteiger partial charge on any atom is -0.436 e. The lowest BCUT2D eigenvalue weighted by atomic mass is 9.98. The number of benzene rings is 3. The van der Waals surface area contributed by atoms with Crippen molar-refractivity contribution in [1.82, 2.24) is 10.3 Å². The Hall–Kier alpha value is -3.22. The number of carbonyl (C=O) groups excluding carboxylic acids is 1. The molecule has 0 fully saturated rings. The molecule has 0 spiro atoms. The van der Waals surface area contributed by atoms with Gasteiger partial charge in [-0.2, -0.15) is 0 Å². The van der Waals surface area contributed by atoms with Gasteiger partial charge in [-0.25, -0.2) is 4.98 Å². The molecule has 0 aliphatic carbocycles. The number of fused-ring (bicyclic) bond motifs is 1. The molecule has 33 heavy (non-hydrogen) atoms. The summed E-state index contributed by atoms with van der Waals surface area (Å²) >= 11 is 11.5. The fraction of sp³-hybridized carbons (Fsp3) is 0.192. The molecule has 0 bridgehead atoms. The predicted octanol–water partition coefficient (Wildman–Crippen LogP) is 7.10. The summed E-state index contributed by atoms with van der Waals surface area (Å²) in [7, 11) is 0. The third-order valence-corrected chi connectivity index (χ3v) is 6.07. The van der Waals surface area contributed by atoms with E-state index in [1.165, 1.54) is 5.56 Å². The number of anilines is 1. The Kier molecular flexibility index (Phi) is 6.77. The standard InChI is InChI=1S/C26H24ClN3O2S/c1-4-16(3)17-9-11-23-22(14-17)29-25(32-23)18-6-5-7-19(13-18)28-26(33)30-24(31)20-10-8-15(2)12-21(20)27/h5-14,16H,4H2,1-3H3,(H2,28,30,31,33). The zero-order valence-electron chi connectivity index (χ0n) is 18.6. The molecule has 1 amide bonds. The van der Waals surface area contributed by atoms with Crippen LogP contribution in [-0.4, -0.2) is 16.0 Å². The number of oxazole rings is 1. The highest BCUT2D eigenvalue weighted by molar-refractivity contribution is 7.80. The largest absolute Gasteiger partial charge is 0.436 e. The first-order valence-electron chi connectivity index (χ1n) is 10.7. The Labute approximate surface area is 203 Å². The fourth-order valence-electron chi connectivity index (χ4n) is 3.48. The van der Waals surface area contributed by atoms with Crippen LogP contribution in [0.25, 0.3) is 22.6 Å². The van der Waals surface area contributed by atoms with Gasteiger partial charge in [-0.1, -0.05) is 43.6 Å². The Morgan fingerprint density at radius 1 is 1.15 bits per heavy atom. The molecule has 1 atom stereocenters. The second-order valence-electron chi connectivity index (χ2n) is 8.03. The number of aryl methyl sites for hydroxylation is 1. The second-order valence-corrected chi connectivity index (χ2v) is 8.84. The second kappa shape index (κ2) is 9.73. The Balaban J connectivity index is 1.49. The van der Waals surface area contributed by atoms with Gasteiger partial charge in [0.25, 0.3) is 5.91 Å². The van der Waals surface area contributed by atoms with E-state index in [1.807, 2.05) is 43.3 Å². The van der Waals surface area contributed by atoms with E-state index in [1.54, 1.807) is 12.1 Å². The van der Waals surface area contributed by atoms with E-state index < -0.39 is 0 Å². The molecule has 4 aromatic rings. The summed E-state index contributed by atoms with van der Waals surface area (Å²) in [5, 5.41) is 6.25. The number of aromatic nitrogens is 1. The van der Waals surface area contributed by atoms with Crippen molar-refractivity contribution in [3.05, 3.63) is 82.4 Å². The van der Waals surface area contributed by atoms with Crippen molar-refractivity contribution < 1.29 is 9.21 Å². The molecule has 0 aliphatic heterocycles. The van der Waals surface area contributed by atoms with Crippen LogP contribution in [0.1, 0.15) is 47.7 Å². The molecule has 0 saturated carbocycles. The molecule has 1 unspecified atom stereocenters. The van der Waals surface area contributed by atoms with Crippen molar-refractivity contribution in [2.45, 2.75) is 33.1 Å². The Morgan fingerprint density at radius 2 is 1.97 bits per heavy atom. The van der Waals surface area contributed by atoms with Crippen LogP contribution in [0.5, 0.6) is 0 Å². The molecule has 7 heteroatoms. The fourth-order valence-corrected chi connectivity index (χ4v) is 4.01. The normalized spacial score (nSPS) is 11.9. The van der Waals surface area contributed by atoms with Crippen LogP contribution in [0.3, 0.4) is 0 Å². The van der Waals surface area contributed by atoms with Gasteiger partial charge in [0.15, 0.2) is 10.7 Å². The molecule has 1 aromatic heterocycles. The Bertz CT molecular complexity index is 1350.